The zero-order chi connectivity index (χ0) is 42.1. The van der Waals surface area contributed by atoms with Crippen molar-refractivity contribution in [1.29, 1.82) is 0 Å². The topological polar surface area (TPSA) is 99.1 Å². The van der Waals surface area contributed by atoms with Gasteiger partial charge >= 0.3 is 17.9 Å². The number of allylic oxidation sites excluding steroid dienone is 8. The highest BCUT2D eigenvalue weighted by Crippen LogP contribution is 2.15. The first-order valence-electron chi connectivity index (χ1n) is 23.2. The van der Waals surface area contributed by atoms with Crippen LogP contribution in [0.4, 0.5) is 0 Å². The van der Waals surface area contributed by atoms with Gasteiger partial charge in [0.1, 0.15) is 6.61 Å². The summed E-state index contributed by atoms with van der Waals surface area (Å²) in [6.45, 7) is 4.60. The van der Waals surface area contributed by atoms with Crippen molar-refractivity contribution in [3.63, 3.8) is 0 Å². The first kappa shape index (κ1) is 54.3. The van der Waals surface area contributed by atoms with Crippen molar-refractivity contribution in [1.82, 2.24) is 0 Å². The molecule has 1 N–H and O–H groups in total. The summed E-state index contributed by atoms with van der Waals surface area (Å²) in [6.07, 6.45) is 47.2. The van der Waals surface area contributed by atoms with Crippen LogP contribution in [-0.2, 0) is 28.6 Å². The molecule has 0 radical (unpaired) electrons. The van der Waals surface area contributed by atoms with Crippen LogP contribution in [0.1, 0.15) is 194 Å². The van der Waals surface area contributed by atoms with Crippen molar-refractivity contribution in [3.8, 4) is 0 Å². The Hall–Kier alpha value is -2.71. The van der Waals surface area contributed by atoms with E-state index in [1.165, 1.54) is 89.9 Å². The summed E-state index contributed by atoms with van der Waals surface area (Å²) in [6, 6.07) is -0.619. The quantitative estimate of drug-likeness (QED) is 0.0284. The number of ether oxygens (including phenoxy) is 3. The van der Waals surface area contributed by atoms with E-state index < -0.39 is 18.1 Å². The van der Waals surface area contributed by atoms with Crippen LogP contribution in [0.5, 0.6) is 0 Å². The minimum atomic E-state index is -0.879. The Morgan fingerprint density at radius 2 is 0.982 bits per heavy atom. The average Bonchev–Trinajstić information content (AvgIpc) is 3.17. The number of hydrogen-bond donors (Lipinski definition) is 1. The number of carboxylic acid groups (broad SMARTS) is 1. The van der Waals surface area contributed by atoms with Crippen LogP contribution in [-0.4, -0.2) is 80.6 Å². The van der Waals surface area contributed by atoms with Crippen LogP contribution < -0.4 is 0 Å². The van der Waals surface area contributed by atoms with E-state index >= 15 is 0 Å². The Bertz CT molecular complexity index is 1070. The van der Waals surface area contributed by atoms with E-state index in [9.17, 15) is 19.5 Å². The fraction of sp³-hybridized carbons (Fsp3) is 0.776. The normalized spacial score (nSPS) is 13.4. The molecule has 57 heavy (non-hydrogen) atoms. The highest BCUT2D eigenvalue weighted by Gasteiger charge is 2.31. The van der Waals surface area contributed by atoms with E-state index in [1.54, 1.807) is 0 Å². The van der Waals surface area contributed by atoms with Crippen LogP contribution in [0.15, 0.2) is 48.6 Å². The minimum absolute atomic E-state index is 0.0520. The number of unbranched alkanes of at least 4 members (excludes halogenated alkanes) is 19. The number of carbonyl (C=O) groups excluding carboxylic acids is 2. The van der Waals surface area contributed by atoms with Crippen LogP contribution >= 0.6 is 0 Å². The lowest BCUT2D eigenvalue weighted by Gasteiger charge is -2.31. The average molecular weight is 803 g/mol. The van der Waals surface area contributed by atoms with E-state index in [2.05, 4.69) is 62.5 Å². The maximum atomic E-state index is 12.7. The number of likely N-dealkylation sites (N-methyl/N-ethyl adjacent to an activating group) is 1. The van der Waals surface area contributed by atoms with Gasteiger partial charge in [0.2, 0.25) is 0 Å². The van der Waals surface area contributed by atoms with E-state index in [1.807, 2.05) is 21.1 Å². The number of aliphatic carboxylic acids is 1. The zero-order valence-electron chi connectivity index (χ0n) is 37.5. The number of quaternary nitrogens is 1. The second kappa shape index (κ2) is 40.1. The van der Waals surface area contributed by atoms with Gasteiger partial charge in [-0.05, 0) is 51.4 Å². The van der Waals surface area contributed by atoms with Crippen molar-refractivity contribution in [2.45, 2.75) is 206 Å². The lowest BCUT2D eigenvalue weighted by Crippen LogP contribution is -2.50. The standard InChI is InChI=1S/C49H87NO7/c1-6-8-10-12-14-16-18-20-22-24-26-28-30-32-34-36-38-40-48(52)57-45(43-55-42-41-46(49(53)54)50(3,4)5)44-56-47(51)39-37-35-33-31-29-27-25-23-21-19-17-15-13-11-9-7-2/h9,11,15,17,21,23,27,29,45-46H,6-8,10,12-14,16,18-20,22,24-26,28,30-44H2,1-5H3/p+1/b11-9+,17-15+,23-21+,29-27+. The van der Waals surface area contributed by atoms with E-state index in [-0.39, 0.29) is 36.2 Å². The Morgan fingerprint density at radius 3 is 1.46 bits per heavy atom. The fourth-order valence-electron chi connectivity index (χ4n) is 6.67. The van der Waals surface area contributed by atoms with Crippen LogP contribution in [0.25, 0.3) is 0 Å². The number of esters is 2. The Morgan fingerprint density at radius 1 is 0.544 bits per heavy atom. The van der Waals surface area contributed by atoms with Crippen molar-refractivity contribution in [2.75, 3.05) is 41.0 Å². The molecule has 0 aromatic rings. The van der Waals surface area contributed by atoms with Gasteiger partial charge < -0.3 is 23.8 Å². The SMILES string of the molecule is CC/C=C/C/C=C/C/C=C/C/C=C/CCCCCC(=O)OCC(COCCC(C(=O)O)[N+](C)(C)C)OC(=O)CCCCCCCCCCCCCCCCCCC. The molecule has 0 aromatic carbocycles. The summed E-state index contributed by atoms with van der Waals surface area (Å²) >= 11 is 0. The van der Waals surface area contributed by atoms with Crippen molar-refractivity contribution < 1.29 is 38.2 Å². The number of nitrogens with zero attached hydrogens (tertiary/aromatic N) is 1. The van der Waals surface area contributed by atoms with Gasteiger partial charge in [-0.15, -0.1) is 0 Å². The molecule has 330 valence electrons. The second-order valence-corrected chi connectivity index (χ2v) is 16.6. The number of rotatable bonds is 41. The van der Waals surface area contributed by atoms with Gasteiger partial charge in [0, 0.05) is 19.3 Å². The molecule has 0 saturated carbocycles. The molecule has 0 amide bonds. The summed E-state index contributed by atoms with van der Waals surface area (Å²) in [7, 11) is 5.52. The Balaban J connectivity index is 4.35. The maximum absolute atomic E-state index is 12.7. The smallest absolute Gasteiger partial charge is 0.362 e. The van der Waals surface area contributed by atoms with E-state index in [0.29, 0.717) is 19.3 Å². The molecule has 0 aromatic heterocycles. The molecule has 0 rings (SSSR count). The molecular formula is C49H88NO7+. The van der Waals surface area contributed by atoms with Crippen LogP contribution in [0.3, 0.4) is 0 Å². The molecule has 8 heteroatoms. The second-order valence-electron chi connectivity index (χ2n) is 16.6. The fourth-order valence-corrected chi connectivity index (χ4v) is 6.67. The Kier molecular flexibility index (Phi) is 38.2. The van der Waals surface area contributed by atoms with Gasteiger partial charge in [0.25, 0.3) is 0 Å². The molecule has 0 saturated heterocycles. The molecule has 0 heterocycles. The molecule has 0 aliphatic carbocycles. The highest BCUT2D eigenvalue weighted by atomic mass is 16.6. The van der Waals surface area contributed by atoms with E-state index in [4.69, 9.17) is 14.2 Å². The van der Waals surface area contributed by atoms with Crippen molar-refractivity contribution >= 4 is 17.9 Å². The molecule has 0 spiro atoms. The first-order chi connectivity index (χ1) is 27.6. The predicted octanol–water partition coefficient (Wildman–Crippen LogP) is 12.8. The van der Waals surface area contributed by atoms with Crippen molar-refractivity contribution in [2.24, 2.45) is 0 Å². The first-order valence-corrected chi connectivity index (χ1v) is 23.2. The highest BCUT2D eigenvalue weighted by molar-refractivity contribution is 5.72. The maximum Gasteiger partial charge on any atom is 0.362 e. The van der Waals surface area contributed by atoms with Gasteiger partial charge in [-0.25, -0.2) is 4.79 Å². The van der Waals surface area contributed by atoms with Crippen LogP contribution in [0, 0.1) is 0 Å². The number of carbonyl (C=O) groups is 3. The molecule has 0 fully saturated rings. The van der Waals surface area contributed by atoms with Gasteiger partial charge in [-0.2, -0.15) is 0 Å². The molecule has 8 nitrogen and oxygen atoms in total. The van der Waals surface area contributed by atoms with Gasteiger partial charge in [0.15, 0.2) is 12.1 Å². The molecular weight excluding hydrogens is 715 g/mol. The van der Waals surface area contributed by atoms with Gasteiger partial charge in [-0.1, -0.05) is 172 Å². The lowest BCUT2D eigenvalue weighted by molar-refractivity contribution is -0.887. The molecule has 0 aliphatic rings. The van der Waals surface area contributed by atoms with Gasteiger partial charge in [-0.3, -0.25) is 9.59 Å². The minimum Gasteiger partial charge on any atom is -0.477 e. The summed E-state index contributed by atoms with van der Waals surface area (Å²) in [5, 5.41) is 9.63. The molecule has 0 bridgehead atoms. The van der Waals surface area contributed by atoms with Gasteiger partial charge in [0.05, 0.1) is 34.4 Å². The lowest BCUT2D eigenvalue weighted by atomic mass is 10.0. The number of hydrogen-bond acceptors (Lipinski definition) is 6. The third kappa shape index (κ3) is 38.6. The third-order valence-electron chi connectivity index (χ3n) is 10.2. The van der Waals surface area contributed by atoms with E-state index in [0.717, 1.165) is 70.6 Å². The molecule has 0 aliphatic heterocycles. The van der Waals surface area contributed by atoms with Crippen molar-refractivity contribution in [3.05, 3.63) is 48.6 Å². The summed E-state index contributed by atoms with van der Waals surface area (Å²) in [5.74, 6) is -1.50. The summed E-state index contributed by atoms with van der Waals surface area (Å²) in [5.41, 5.74) is 0. The molecule has 2 unspecified atom stereocenters. The predicted molar refractivity (Wildman–Crippen MR) is 238 cm³/mol. The Labute approximate surface area is 350 Å². The van der Waals surface area contributed by atoms with Crippen LogP contribution in [0.2, 0.25) is 0 Å². The number of carboxylic acids is 1. The monoisotopic (exact) mass is 803 g/mol. The third-order valence-corrected chi connectivity index (χ3v) is 10.2. The summed E-state index contributed by atoms with van der Waals surface area (Å²) < 4.78 is 17.3. The molecule has 2 atom stereocenters. The largest absolute Gasteiger partial charge is 0.477 e. The zero-order valence-corrected chi connectivity index (χ0v) is 37.5. The summed E-state index contributed by atoms with van der Waals surface area (Å²) in [4.78, 5) is 37.0.